The van der Waals surface area contributed by atoms with Gasteiger partial charge in [-0.2, -0.15) is 0 Å². The second-order valence-electron chi connectivity index (χ2n) is 15.9. The lowest BCUT2D eigenvalue weighted by Gasteiger charge is -2.41. The number of phosphoric acid groups is 1. The minimum Gasteiger partial charge on any atom is -0.462 e. The van der Waals surface area contributed by atoms with Crippen molar-refractivity contribution in [3.63, 3.8) is 0 Å². The van der Waals surface area contributed by atoms with Crippen LogP contribution in [0.3, 0.4) is 0 Å². The highest BCUT2D eigenvalue weighted by molar-refractivity contribution is 7.47. The fraction of sp³-hybridized carbons (Fsp3) is 0.778. The van der Waals surface area contributed by atoms with Gasteiger partial charge in [0.25, 0.3) is 0 Å². The maximum atomic E-state index is 12.8. The van der Waals surface area contributed by atoms with Crippen molar-refractivity contribution >= 4 is 19.8 Å². The average Bonchev–Trinajstić information content (AvgIpc) is 3.98. The lowest BCUT2D eigenvalue weighted by molar-refractivity contribution is -0.220. The molecule has 0 aromatic heterocycles. The van der Waals surface area contributed by atoms with E-state index < -0.39 is 75.7 Å². The highest BCUT2D eigenvalue weighted by Gasteiger charge is 2.51. The van der Waals surface area contributed by atoms with Crippen LogP contribution < -0.4 is 0 Å². The van der Waals surface area contributed by atoms with Gasteiger partial charge in [0.1, 0.15) is 43.2 Å². The van der Waals surface area contributed by atoms with E-state index in [2.05, 4.69) is 62.5 Å². The van der Waals surface area contributed by atoms with Crippen LogP contribution in [0.5, 0.6) is 0 Å². The van der Waals surface area contributed by atoms with Crippen molar-refractivity contribution in [1.29, 1.82) is 0 Å². The molecule has 1 saturated carbocycles. The van der Waals surface area contributed by atoms with Gasteiger partial charge in [-0.15, -0.1) is 0 Å². The van der Waals surface area contributed by atoms with Gasteiger partial charge in [-0.3, -0.25) is 18.6 Å². The first-order valence-corrected chi connectivity index (χ1v) is 24.1. The number of ether oxygens (including phenoxy) is 3. The molecular formula is C45H77O14P. The third-order valence-corrected chi connectivity index (χ3v) is 11.6. The van der Waals surface area contributed by atoms with Crippen LogP contribution in [0.15, 0.2) is 48.6 Å². The van der Waals surface area contributed by atoms with Crippen LogP contribution in [0.1, 0.15) is 155 Å². The highest BCUT2D eigenvalue weighted by atomic mass is 31.2. The lowest BCUT2D eigenvalue weighted by Crippen LogP contribution is -2.64. The Hall–Kier alpha value is -2.23. The molecule has 0 amide bonds. The molecule has 0 bridgehead atoms. The van der Waals surface area contributed by atoms with Crippen molar-refractivity contribution < 1.29 is 67.8 Å². The van der Waals surface area contributed by atoms with Crippen molar-refractivity contribution in [3.8, 4) is 0 Å². The van der Waals surface area contributed by atoms with Gasteiger partial charge in [-0.1, -0.05) is 114 Å². The van der Waals surface area contributed by atoms with E-state index in [0.717, 1.165) is 64.2 Å². The van der Waals surface area contributed by atoms with Crippen LogP contribution >= 0.6 is 7.82 Å². The molecule has 15 heteroatoms. The second-order valence-corrected chi connectivity index (χ2v) is 17.3. The van der Waals surface area contributed by atoms with Crippen molar-refractivity contribution in [2.45, 2.75) is 210 Å². The molecule has 6 N–H and O–H groups in total. The second kappa shape index (κ2) is 32.4. The zero-order chi connectivity index (χ0) is 44.0. The van der Waals surface area contributed by atoms with Gasteiger partial charge in [0.2, 0.25) is 0 Å². The van der Waals surface area contributed by atoms with E-state index in [1.54, 1.807) is 0 Å². The Labute approximate surface area is 358 Å². The van der Waals surface area contributed by atoms with Crippen LogP contribution in [0.2, 0.25) is 0 Å². The van der Waals surface area contributed by atoms with Crippen LogP contribution in [-0.4, -0.2) is 111 Å². The van der Waals surface area contributed by atoms with Gasteiger partial charge in [-0.25, -0.2) is 4.57 Å². The standard InChI is InChI=1S/C45H77O14P/c1-3-5-7-9-11-13-15-17-19-21-23-25-27-31-38(46)55-33-35(34-56-60(53,54)59-45-43(51)41(49)40(48)42(50)44(45)52)57-39(47)32-28-30-37-36(58-37)29-26-24-22-20-18-16-14-12-10-8-6-4-2/h12-15,18,20,24,26,35-37,40-45,48-52H,3-11,16-17,19,21-23,25,27-34H2,1-2H3,(H,53,54)/b14-12-,15-13-,20-18-,26-24-/t35-,36?,37?,40?,41-,42+,43-,44-,45?/m1/s1. The molecule has 2 rings (SSSR count). The van der Waals surface area contributed by atoms with Crippen molar-refractivity contribution in [2.75, 3.05) is 13.2 Å². The van der Waals surface area contributed by atoms with E-state index in [4.69, 9.17) is 23.3 Å². The van der Waals surface area contributed by atoms with E-state index in [0.29, 0.717) is 19.3 Å². The Morgan fingerprint density at radius 3 is 1.75 bits per heavy atom. The molecule has 1 aliphatic carbocycles. The molecule has 14 nitrogen and oxygen atoms in total. The van der Waals surface area contributed by atoms with Gasteiger partial charge in [0.05, 0.1) is 18.8 Å². The molecular weight excluding hydrogens is 795 g/mol. The molecule has 0 spiro atoms. The van der Waals surface area contributed by atoms with Gasteiger partial charge in [-0.05, 0) is 77.0 Å². The zero-order valence-corrected chi connectivity index (χ0v) is 37.1. The summed E-state index contributed by atoms with van der Waals surface area (Å²) < 4.78 is 39.2. The third kappa shape index (κ3) is 24.4. The number of aliphatic hydroxyl groups excluding tert-OH is 5. The molecule has 5 unspecified atom stereocenters. The number of allylic oxidation sites excluding steroid dienone is 7. The minimum absolute atomic E-state index is 0.00527. The Balaban J connectivity index is 1.77. The number of unbranched alkanes of at least 4 members (excludes halogenated alkanes) is 12. The molecule has 1 saturated heterocycles. The van der Waals surface area contributed by atoms with Crippen LogP contribution in [0, 0.1) is 0 Å². The summed E-state index contributed by atoms with van der Waals surface area (Å²) in [6, 6.07) is 0. The first kappa shape index (κ1) is 53.9. The summed E-state index contributed by atoms with van der Waals surface area (Å²) in [4.78, 5) is 35.8. The van der Waals surface area contributed by atoms with Gasteiger partial charge >= 0.3 is 19.8 Å². The van der Waals surface area contributed by atoms with E-state index in [9.17, 15) is 44.6 Å². The molecule has 0 aromatic carbocycles. The van der Waals surface area contributed by atoms with E-state index in [1.165, 1.54) is 44.9 Å². The molecule has 10 atom stereocenters. The van der Waals surface area contributed by atoms with Crippen LogP contribution in [-0.2, 0) is 37.4 Å². The number of rotatable bonds is 35. The number of hydrogen-bond acceptors (Lipinski definition) is 13. The summed E-state index contributed by atoms with van der Waals surface area (Å²) in [6.45, 7) is 3.17. The molecule has 0 aromatic rings. The van der Waals surface area contributed by atoms with Gasteiger partial charge in [0.15, 0.2) is 6.10 Å². The van der Waals surface area contributed by atoms with Crippen molar-refractivity contribution in [2.24, 2.45) is 0 Å². The summed E-state index contributed by atoms with van der Waals surface area (Å²) in [5, 5.41) is 50.1. The highest BCUT2D eigenvalue weighted by Crippen LogP contribution is 2.47. The lowest BCUT2D eigenvalue weighted by atomic mass is 9.85. The normalized spacial score (nSPS) is 26.0. The number of carbonyl (C=O) groups excluding carboxylic acids is 2. The summed E-state index contributed by atoms with van der Waals surface area (Å²) in [5.74, 6) is -1.19. The summed E-state index contributed by atoms with van der Waals surface area (Å²) in [7, 11) is -5.14. The summed E-state index contributed by atoms with van der Waals surface area (Å²) in [5.41, 5.74) is 0. The smallest absolute Gasteiger partial charge is 0.462 e. The molecule has 1 heterocycles. The van der Waals surface area contributed by atoms with Crippen LogP contribution in [0.25, 0.3) is 0 Å². The monoisotopic (exact) mass is 873 g/mol. The average molecular weight is 873 g/mol. The van der Waals surface area contributed by atoms with Crippen molar-refractivity contribution in [1.82, 2.24) is 0 Å². The van der Waals surface area contributed by atoms with Crippen molar-refractivity contribution in [3.05, 3.63) is 48.6 Å². The zero-order valence-electron chi connectivity index (χ0n) is 36.2. The van der Waals surface area contributed by atoms with E-state index >= 15 is 0 Å². The number of carbonyl (C=O) groups is 2. The van der Waals surface area contributed by atoms with Gasteiger partial charge < -0.3 is 44.6 Å². The Morgan fingerprint density at radius 2 is 1.10 bits per heavy atom. The first-order chi connectivity index (χ1) is 28.9. The fourth-order valence-electron chi connectivity index (χ4n) is 6.78. The quantitative estimate of drug-likeness (QED) is 0.0120. The number of epoxide rings is 1. The molecule has 0 radical (unpaired) electrons. The Morgan fingerprint density at radius 1 is 0.600 bits per heavy atom. The Bertz CT molecular complexity index is 1300. The van der Waals surface area contributed by atoms with Gasteiger partial charge in [0, 0.05) is 12.8 Å². The van der Waals surface area contributed by atoms with Crippen LogP contribution in [0.4, 0.5) is 0 Å². The largest absolute Gasteiger partial charge is 0.472 e. The fourth-order valence-corrected chi connectivity index (χ4v) is 7.75. The van der Waals surface area contributed by atoms with E-state index in [1.807, 2.05) is 0 Å². The summed E-state index contributed by atoms with van der Waals surface area (Å²) in [6.07, 6.45) is 24.7. The number of aliphatic hydroxyl groups is 5. The van der Waals surface area contributed by atoms with E-state index in [-0.39, 0.29) is 25.0 Å². The maximum absolute atomic E-state index is 12.8. The Kier molecular flexibility index (Phi) is 29.1. The first-order valence-electron chi connectivity index (χ1n) is 22.6. The summed E-state index contributed by atoms with van der Waals surface area (Å²) >= 11 is 0. The number of hydrogen-bond donors (Lipinski definition) is 6. The molecule has 2 fully saturated rings. The number of phosphoric ester groups is 1. The topological polar surface area (TPSA) is 222 Å². The molecule has 60 heavy (non-hydrogen) atoms. The molecule has 346 valence electrons. The SMILES string of the molecule is CCCCC/C=C\C/C=C\C/C=C\CC1OC1CCCC(=O)O[C@H](COC(=O)CCCCCCC/C=C\CCCCCC)COP(=O)(O)OC1[C@H](O)[C@H](O)C(O)[C@H](O)[C@H]1O. The predicted octanol–water partition coefficient (Wildman–Crippen LogP) is 7.38. The third-order valence-electron chi connectivity index (χ3n) is 10.6. The predicted molar refractivity (Wildman–Crippen MR) is 230 cm³/mol. The number of esters is 2. The molecule has 2 aliphatic rings. The minimum atomic E-state index is -5.14. The molecule has 1 aliphatic heterocycles. The maximum Gasteiger partial charge on any atom is 0.472 e.